The standard InChI is InChI=1S/C14H19N5O/c1-9-7-12(11-5-4-6-11)16-14(15-9)19(3)8-13-10(2)17-20-18-13/h7,11H,4-6,8H2,1-3H3. The average molecular weight is 273 g/mol. The highest BCUT2D eigenvalue weighted by atomic mass is 16.6. The molecule has 2 aromatic rings. The van der Waals surface area contributed by atoms with Gasteiger partial charge in [0.1, 0.15) is 11.4 Å². The molecule has 0 N–H and O–H groups in total. The normalized spacial score (nSPS) is 15.2. The van der Waals surface area contributed by atoms with Gasteiger partial charge in [-0.2, -0.15) is 0 Å². The summed E-state index contributed by atoms with van der Waals surface area (Å²) in [5.74, 6) is 1.36. The molecule has 0 spiro atoms. The van der Waals surface area contributed by atoms with Crippen LogP contribution in [-0.2, 0) is 6.54 Å². The Hall–Kier alpha value is -1.98. The molecule has 3 rings (SSSR count). The Morgan fingerprint density at radius 3 is 2.65 bits per heavy atom. The van der Waals surface area contributed by atoms with E-state index in [1.807, 2.05) is 25.8 Å². The first kappa shape index (κ1) is 13.0. The van der Waals surface area contributed by atoms with Crippen molar-refractivity contribution in [1.29, 1.82) is 0 Å². The second-order valence-electron chi connectivity index (χ2n) is 5.51. The molecule has 0 bridgehead atoms. The van der Waals surface area contributed by atoms with Gasteiger partial charge < -0.3 is 4.90 Å². The number of aryl methyl sites for hydroxylation is 2. The first-order valence-electron chi connectivity index (χ1n) is 6.98. The van der Waals surface area contributed by atoms with Crippen molar-refractivity contribution in [3.05, 3.63) is 28.8 Å². The number of hydrogen-bond donors (Lipinski definition) is 0. The van der Waals surface area contributed by atoms with E-state index in [4.69, 9.17) is 9.61 Å². The number of rotatable bonds is 4. The molecule has 20 heavy (non-hydrogen) atoms. The van der Waals surface area contributed by atoms with Crippen molar-refractivity contribution in [2.45, 2.75) is 45.6 Å². The van der Waals surface area contributed by atoms with E-state index in [1.54, 1.807) is 0 Å². The molecule has 0 atom stereocenters. The van der Waals surface area contributed by atoms with E-state index in [9.17, 15) is 0 Å². The van der Waals surface area contributed by atoms with E-state index in [1.165, 1.54) is 25.0 Å². The zero-order valence-electron chi connectivity index (χ0n) is 12.1. The van der Waals surface area contributed by atoms with Crippen molar-refractivity contribution >= 4 is 5.95 Å². The third-order valence-corrected chi connectivity index (χ3v) is 3.86. The highest BCUT2D eigenvalue weighted by Gasteiger charge is 2.22. The van der Waals surface area contributed by atoms with Gasteiger partial charge in [-0.15, -0.1) is 0 Å². The zero-order valence-corrected chi connectivity index (χ0v) is 12.1. The van der Waals surface area contributed by atoms with Crippen LogP contribution in [0.4, 0.5) is 5.95 Å². The number of nitrogens with zero attached hydrogens (tertiary/aromatic N) is 5. The summed E-state index contributed by atoms with van der Waals surface area (Å²) in [5.41, 5.74) is 3.81. The number of anilines is 1. The Kier molecular flexibility index (Phi) is 3.38. The Morgan fingerprint density at radius 2 is 2.05 bits per heavy atom. The molecule has 2 heterocycles. The van der Waals surface area contributed by atoms with Crippen LogP contribution in [-0.4, -0.2) is 27.3 Å². The van der Waals surface area contributed by atoms with E-state index in [0.717, 1.165) is 23.0 Å². The van der Waals surface area contributed by atoms with E-state index in [-0.39, 0.29) is 0 Å². The van der Waals surface area contributed by atoms with Gasteiger partial charge >= 0.3 is 0 Å². The van der Waals surface area contributed by atoms with Crippen molar-refractivity contribution in [3.63, 3.8) is 0 Å². The van der Waals surface area contributed by atoms with Gasteiger partial charge in [0.15, 0.2) is 0 Å². The molecular formula is C14H19N5O. The maximum Gasteiger partial charge on any atom is 0.225 e. The SMILES string of the molecule is Cc1cc(C2CCC2)nc(N(C)Cc2nonc2C)n1. The summed E-state index contributed by atoms with van der Waals surface area (Å²) in [6.07, 6.45) is 3.79. The maximum atomic E-state index is 4.73. The highest BCUT2D eigenvalue weighted by molar-refractivity contribution is 5.33. The second-order valence-corrected chi connectivity index (χ2v) is 5.51. The third kappa shape index (κ3) is 2.50. The molecule has 0 amide bonds. The van der Waals surface area contributed by atoms with Crippen LogP contribution >= 0.6 is 0 Å². The van der Waals surface area contributed by atoms with Gasteiger partial charge in [-0.25, -0.2) is 14.6 Å². The molecule has 1 fully saturated rings. The molecule has 0 aromatic carbocycles. The Morgan fingerprint density at radius 1 is 1.25 bits per heavy atom. The van der Waals surface area contributed by atoms with Gasteiger partial charge in [-0.3, -0.25) is 0 Å². The van der Waals surface area contributed by atoms with Crippen LogP contribution < -0.4 is 4.90 Å². The molecule has 1 aliphatic carbocycles. The molecule has 0 radical (unpaired) electrons. The number of aromatic nitrogens is 4. The van der Waals surface area contributed by atoms with Crippen molar-refractivity contribution < 1.29 is 4.63 Å². The molecular weight excluding hydrogens is 254 g/mol. The lowest BCUT2D eigenvalue weighted by Gasteiger charge is -2.26. The smallest absolute Gasteiger partial charge is 0.225 e. The van der Waals surface area contributed by atoms with Crippen LogP contribution in [0.5, 0.6) is 0 Å². The molecule has 2 aromatic heterocycles. The Labute approximate surface area is 118 Å². The van der Waals surface area contributed by atoms with Gasteiger partial charge in [0.25, 0.3) is 0 Å². The molecule has 0 unspecified atom stereocenters. The van der Waals surface area contributed by atoms with Gasteiger partial charge in [-0.1, -0.05) is 16.7 Å². The Balaban J connectivity index is 1.81. The topological polar surface area (TPSA) is 67.9 Å². The molecule has 0 saturated heterocycles. The fourth-order valence-electron chi connectivity index (χ4n) is 2.35. The minimum absolute atomic E-state index is 0.600. The van der Waals surface area contributed by atoms with Crippen LogP contribution in [0, 0.1) is 13.8 Å². The second kappa shape index (κ2) is 5.19. The highest BCUT2D eigenvalue weighted by Crippen LogP contribution is 2.35. The van der Waals surface area contributed by atoms with Crippen molar-refractivity contribution in [3.8, 4) is 0 Å². The zero-order chi connectivity index (χ0) is 14.1. The first-order valence-corrected chi connectivity index (χ1v) is 6.98. The van der Waals surface area contributed by atoms with E-state index < -0.39 is 0 Å². The van der Waals surface area contributed by atoms with Crippen LogP contribution in [0.2, 0.25) is 0 Å². The van der Waals surface area contributed by atoms with Gasteiger partial charge in [0, 0.05) is 24.4 Å². The third-order valence-electron chi connectivity index (χ3n) is 3.86. The molecule has 6 nitrogen and oxygen atoms in total. The lowest BCUT2D eigenvalue weighted by Crippen LogP contribution is -2.22. The lowest BCUT2D eigenvalue weighted by atomic mass is 9.83. The monoisotopic (exact) mass is 273 g/mol. The van der Waals surface area contributed by atoms with Gasteiger partial charge in [0.05, 0.1) is 6.54 Å². The summed E-state index contributed by atoms with van der Waals surface area (Å²) in [7, 11) is 1.97. The van der Waals surface area contributed by atoms with Gasteiger partial charge in [0.2, 0.25) is 5.95 Å². The van der Waals surface area contributed by atoms with Gasteiger partial charge in [-0.05, 0) is 32.8 Å². The predicted molar refractivity (Wildman–Crippen MR) is 74.5 cm³/mol. The average Bonchev–Trinajstić information content (AvgIpc) is 2.72. The van der Waals surface area contributed by atoms with Crippen LogP contribution in [0.15, 0.2) is 10.7 Å². The van der Waals surface area contributed by atoms with Crippen molar-refractivity contribution in [1.82, 2.24) is 20.3 Å². The van der Waals surface area contributed by atoms with Crippen molar-refractivity contribution in [2.24, 2.45) is 0 Å². The molecule has 106 valence electrons. The maximum absolute atomic E-state index is 4.73. The summed E-state index contributed by atoms with van der Waals surface area (Å²) in [6.45, 7) is 4.50. The molecule has 1 aliphatic rings. The summed E-state index contributed by atoms with van der Waals surface area (Å²) in [6, 6.07) is 2.10. The fourth-order valence-corrected chi connectivity index (χ4v) is 2.35. The summed E-state index contributed by atoms with van der Waals surface area (Å²) < 4.78 is 4.73. The summed E-state index contributed by atoms with van der Waals surface area (Å²) in [4.78, 5) is 11.2. The molecule has 6 heteroatoms. The minimum Gasteiger partial charge on any atom is -0.338 e. The summed E-state index contributed by atoms with van der Waals surface area (Å²) >= 11 is 0. The van der Waals surface area contributed by atoms with E-state index in [2.05, 4.69) is 21.4 Å². The predicted octanol–water partition coefficient (Wildman–Crippen LogP) is 2.38. The van der Waals surface area contributed by atoms with E-state index in [0.29, 0.717) is 12.5 Å². The van der Waals surface area contributed by atoms with Crippen LogP contribution in [0.1, 0.15) is 48.0 Å². The first-order chi connectivity index (χ1) is 9.63. The van der Waals surface area contributed by atoms with Crippen LogP contribution in [0.25, 0.3) is 0 Å². The largest absolute Gasteiger partial charge is 0.338 e. The van der Waals surface area contributed by atoms with E-state index >= 15 is 0 Å². The lowest BCUT2D eigenvalue weighted by molar-refractivity contribution is 0.301. The van der Waals surface area contributed by atoms with Crippen molar-refractivity contribution in [2.75, 3.05) is 11.9 Å². The molecule has 1 saturated carbocycles. The minimum atomic E-state index is 0.600. The quantitative estimate of drug-likeness (QED) is 0.852. The Bertz CT molecular complexity index is 605. The van der Waals surface area contributed by atoms with Crippen LogP contribution in [0.3, 0.4) is 0 Å². The fraction of sp³-hybridized carbons (Fsp3) is 0.571. The summed E-state index contributed by atoms with van der Waals surface area (Å²) in [5, 5.41) is 7.70. The number of hydrogen-bond acceptors (Lipinski definition) is 6. The molecule has 0 aliphatic heterocycles.